The zero-order chi connectivity index (χ0) is 20.7. The number of nitrogens with zero attached hydrogens (tertiary/aromatic N) is 2. The molecule has 0 fully saturated rings. The first-order valence-electron chi connectivity index (χ1n) is 10.0. The summed E-state index contributed by atoms with van der Waals surface area (Å²) in [4.78, 5) is 9.13. The van der Waals surface area contributed by atoms with E-state index >= 15 is 0 Å². The fourth-order valence-corrected chi connectivity index (χ4v) is 4.32. The van der Waals surface area contributed by atoms with Crippen LogP contribution in [0, 0.1) is 5.82 Å². The second-order valence-corrected chi connectivity index (χ2v) is 8.08. The Morgan fingerprint density at radius 1 is 1.07 bits per heavy atom. The molecule has 0 N–H and O–H groups in total. The van der Waals surface area contributed by atoms with Gasteiger partial charge in [-0.3, -0.25) is 4.98 Å². The van der Waals surface area contributed by atoms with Gasteiger partial charge < -0.3 is 4.74 Å². The Morgan fingerprint density at radius 3 is 2.87 bits per heavy atom. The lowest BCUT2D eigenvalue weighted by Crippen LogP contribution is -2.03. The summed E-state index contributed by atoms with van der Waals surface area (Å²) in [5.41, 5.74) is 6.51. The van der Waals surface area contributed by atoms with Crippen molar-refractivity contribution < 1.29 is 9.13 Å². The average Bonchev–Trinajstić information content (AvgIpc) is 2.90. The average molecular weight is 419 g/mol. The third kappa shape index (κ3) is 3.52. The largest absolute Gasteiger partial charge is 0.487 e. The van der Waals surface area contributed by atoms with Crippen LogP contribution in [0.1, 0.15) is 40.9 Å². The summed E-state index contributed by atoms with van der Waals surface area (Å²) in [6, 6.07) is 17.1. The third-order valence-electron chi connectivity index (χ3n) is 5.78. The summed E-state index contributed by atoms with van der Waals surface area (Å²) in [5, 5.41) is 0.786. The number of rotatable bonds is 3. The van der Waals surface area contributed by atoms with Gasteiger partial charge in [-0.2, -0.15) is 0 Å². The van der Waals surface area contributed by atoms with Gasteiger partial charge in [-0.05, 0) is 65.9 Å². The Morgan fingerprint density at radius 2 is 1.97 bits per heavy atom. The van der Waals surface area contributed by atoms with E-state index in [1.165, 1.54) is 28.5 Å². The molecule has 1 aliphatic rings. The van der Waals surface area contributed by atoms with Crippen LogP contribution in [0.5, 0.6) is 5.75 Å². The van der Waals surface area contributed by atoms with Crippen LogP contribution in [-0.4, -0.2) is 9.97 Å². The van der Waals surface area contributed by atoms with Gasteiger partial charge in [-0.1, -0.05) is 36.7 Å². The van der Waals surface area contributed by atoms with Gasteiger partial charge in [-0.25, -0.2) is 9.37 Å². The highest BCUT2D eigenvalue weighted by atomic mass is 35.5. The van der Waals surface area contributed by atoms with E-state index in [0.717, 1.165) is 24.3 Å². The molecule has 0 spiro atoms. The summed E-state index contributed by atoms with van der Waals surface area (Å²) >= 11 is 5.89. The van der Waals surface area contributed by atoms with E-state index in [4.69, 9.17) is 16.3 Å². The molecule has 1 atom stereocenters. The van der Waals surface area contributed by atoms with Crippen molar-refractivity contribution in [2.45, 2.75) is 32.3 Å². The van der Waals surface area contributed by atoms with Gasteiger partial charge in [0.1, 0.15) is 18.2 Å². The highest BCUT2D eigenvalue weighted by Crippen LogP contribution is 2.35. The summed E-state index contributed by atoms with van der Waals surface area (Å²) in [6.45, 7) is 2.55. The van der Waals surface area contributed by atoms with Gasteiger partial charge in [0.05, 0.1) is 16.2 Å². The standard InChI is InChI=1S/C25H20ClFN2O/c1-15-20-3-2-10-28-24(20)9-6-16-5-8-19(12-21(15)16)30-14-18-7-4-17-11-23(27)22(26)13-25(17)29-18/h2-5,7-8,10-13,15H,6,9,14H2,1H3. The first-order chi connectivity index (χ1) is 14.6. The lowest BCUT2D eigenvalue weighted by atomic mass is 9.91. The van der Waals surface area contributed by atoms with E-state index in [-0.39, 0.29) is 10.9 Å². The zero-order valence-electron chi connectivity index (χ0n) is 16.5. The van der Waals surface area contributed by atoms with Gasteiger partial charge in [0.2, 0.25) is 0 Å². The number of aromatic nitrogens is 2. The number of hydrogen-bond donors (Lipinski definition) is 0. The van der Waals surface area contributed by atoms with E-state index in [2.05, 4.69) is 35.1 Å². The minimum atomic E-state index is -0.439. The maximum absolute atomic E-state index is 13.6. The Bertz CT molecular complexity index is 1260. The van der Waals surface area contributed by atoms with Crippen LogP contribution in [0.2, 0.25) is 5.02 Å². The number of benzene rings is 2. The fourth-order valence-electron chi connectivity index (χ4n) is 4.17. The Kier molecular flexibility index (Phi) is 4.87. The Balaban J connectivity index is 1.39. The van der Waals surface area contributed by atoms with Crippen molar-refractivity contribution in [3.8, 4) is 5.75 Å². The predicted molar refractivity (Wildman–Crippen MR) is 117 cm³/mol. The molecule has 2 aromatic carbocycles. The maximum Gasteiger partial charge on any atom is 0.142 e. The topological polar surface area (TPSA) is 35.0 Å². The second-order valence-electron chi connectivity index (χ2n) is 7.67. The van der Waals surface area contributed by atoms with Crippen molar-refractivity contribution in [1.29, 1.82) is 0 Å². The van der Waals surface area contributed by atoms with Gasteiger partial charge in [0.25, 0.3) is 0 Å². The molecule has 150 valence electrons. The van der Waals surface area contributed by atoms with Crippen LogP contribution >= 0.6 is 11.6 Å². The molecule has 30 heavy (non-hydrogen) atoms. The van der Waals surface area contributed by atoms with Crippen LogP contribution in [0.25, 0.3) is 10.9 Å². The second kappa shape index (κ2) is 7.69. The smallest absolute Gasteiger partial charge is 0.142 e. The summed E-state index contributed by atoms with van der Waals surface area (Å²) < 4.78 is 19.7. The van der Waals surface area contributed by atoms with E-state index < -0.39 is 5.82 Å². The van der Waals surface area contributed by atoms with Gasteiger partial charge in [-0.15, -0.1) is 0 Å². The number of pyridine rings is 2. The lowest BCUT2D eigenvalue weighted by molar-refractivity contribution is 0.301. The van der Waals surface area contributed by atoms with Crippen LogP contribution < -0.4 is 4.74 Å². The molecular formula is C25H20ClFN2O. The Labute approximate surface area is 179 Å². The van der Waals surface area contributed by atoms with E-state index in [1.54, 1.807) is 6.07 Å². The molecule has 2 aromatic heterocycles. The lowest BCUT2D eigenvalue weighted by Gasteiger charge is -2.16. The van der Waals surface area contributed by atoms with Crippen molar-refractivity contribution in [3.05, 3.63) is 99.7 Å². The highest BCUT2D eigenvalue weighted by Gasteiger charge is 2.21. The first-order valence-corrected chi connectivity index (χ1v) is 10.4. The van der Waals surface area contributed by atoms with Gasteiger partial charge >= 0.3 is 0 Å². The van der Waals surface area contributed by atoms with Crippen molar-refractivity contribution in [1.82, 2.24) is 9.97 Å². The molecule has 0 saturated heterocycles. The summed E-state index contributed by atoms with van der Waals surface area (Å²) in [7, 11) is 0. The van der Waals surface area contributed by atoms with Crippen LogP contribution in [0.4, 0.5) is 4.39 Å². The molecule has 1 aliphatic carbocycles. The van der Waals surface area contributed by atoms with E-state index in [1.807, 2.05) is 30.5 Å². The molecular weight excluding hydrogens is 399 g/mol. The summed E-state index contributed by atoms with van der Waals surface area (Å²) in [6.07, 6.45) is 3.81. The number of halogens is 2. The molecule has 5 rings (SSSR count). The molecule has 0 amide bonds. The third-order valence-corrected chi connectivity index (χ3v) is 6.07. The van der Waals surface area contributed by atoms with Crippen molar-refractivity contribution in [2.75, 3.05) is 0 Å². The number of fused-ring (bicyclic) bond motifs is 3. The molecule has 1 unspecified atom stereocenters. The highest BCUT2D eigenvalue weighted by molar-refractivity contribution is 6.31. The molecule has 3 nitrogen and oxygen atoms in total. The molecule has 4 aromatic rings. The molecule has 0 radical (unpaired) electrons. The molecule has 0 bridgehead atoms. The number of ether oxygens (including phenoxy) is 1. The molecule has 2 heterocycles. The van der Waals surface area contributed by atoms with Crippen LogP contribution in [0.3, 0.4) is 0 Å². The number of hydrogen-bond acceptors (Lipinski definition) is 3. The molecule has 5 heteroatoms. The minimum absolute atomic E-state index is 0.0718. The minimum Gasteiger partial charge on any atom is -0.487 e. The van der Waals surface area contributed by atoms with Gasteiger partial charge in [0, 0.05) is 23.2 Å². The predicted octanol–water partition coefficient (Wildman–Crippen LogP) is 6.25. The number of aryl methyl sites for hydroxylation is 2. The van der Waals surface area contributed by atoms with Gasteiger partial charge in [0.15, 0.2) is 0 Å². The van der Waals surface area contributed by atoms with Crippen molar-refractivity contribution >= 4 is 22.5 Å². The Hall–Kier alpha value is -2.98. The monoisotopic (exact) mass is 418 g/mol. The molecule has 0 aliphatic heterocycles. The SMILES string of the molecule is CC1c2cc(OCc3ccc4cc(F)c(Cl)cc4n3)ccc2CCc2ncccc21. The van der Waals surface area contributed by atoms with Crippen LogP contribution in [0.15, 0.2) is 60.8 Å². The van der Waals surface area contributed by atoms with Crippen LogP contribution in [-0.2, 0) is 19.4 Å². The maximum atomic E-state index is 13.6. The normalized spacial score (nSPS) is 15.4. The zero-order valence-corrected chi connectivity index (χ0v) is 17.3. The summed E-state index contributed by atoms with van der Waals surface area (Å²) in [5.74, 6) is 0.642. The van der Waals surface area contributed by atoms with Crippen molar-refractivity contribution in [3.63, 3.8) is 0 Å². The first kappa shape index (κ1) is 19.0. The van der Waals surface area contributed by atoms with E-state index in [9.17, 15) is 4.39 Å². The van der Waals surface area contributed by atoms with Crippen molar-refractivity contribution in [2.24, 2.45) is 0 Å². The quantitative estimate of drug-likeness (QED) is 0.394. The fraction of sp³-hybridized carbons (Fsp3) is 0.200. The molecule has 0 saturated carbocycles. The van der Waals surface area contributed by atoms with E-state index in [0.29, 0.717) is 17.5 Å².